The Morgan fingerprint density at radius 2 is 1.65 bits per heavy atom. The molecule has 0 aliphatic rings. The van der Waals surface area contributed by atoms with Crippen LogP contribution in [0.5, 0.6) is 17.2 Å². The summed E-state index contributed by atoms with van der Waals surface area (Å²) >= 11 is 3.54. The zero-order chi connectivity index (χ0) is 16.8. The first-order valence-corrected chi connectivity index (χ1v) is 8.17. The average Bonchev–Trinajstić information content (AvgIpc) is 2.59. The molecule has 2 rings (SSSR count). The highest BCUT2D eigenvalue weighted by molar-refractivity contribution is 9.10. The Morgan fingerprint density at radius 1 is 0.957 bits per heavy atom. The van der Waals surface area contributed by atoms with Gasteiger partial charge in [-0.25, -0.2) is 0 Å². The molecule has 0 aliphatic carbocycles. The predicted octanol–water partition coefficient (Wildman–Crippen LogP) is 4.33. The first-order valence-electron chi connectivity index (χ1n) is 7.38. The lowest BCUT2D eigenvalue weighted by atomic mass is 10.1. The molecule has 124 valence electrons. The molecule has 4 nitrogen and oxygen atoms in total. The monoisotopic (exact) mass is 379 g/mol. The number of para-hydroxylation sites is 1. The standard InChI is InChI=1S/C18H22BrNO3/c1-12(20-11-13-7-5-6-8-15(13)21-2)14-9-10-16(22-3)17(19)18(14)23-4/h5-10,12,20H,11H2,1-4H3. The molecule has 1 unspecified atom stereocenters. The van der Waals surface area contributed by atoms with Crippen molar-refractivity contribution in [3.8, 4) is 17.2 Å². The molecule has 1 atom stereocenters. The van der Waals surface area contributed by atoms with Crippen LogP contribution in [0.15, 0.2) is 40.9 Å². The van der Waals surface area contributed by atoms with Gasteiger partial charge in [0.25, 0.3) is 0 Å². The van der Waals surface area contributed by atoms with Gasteiger partial charge >= 0.3 is 0 Å². The number of ether oxygens (including phenoxy) is 3. The van der Waals surface area contributed by atoms with Crippen molar-refractivity contribution >= 4 is 15.9 Å². The Labute approximate surface area is 145 Å². The highest BCUT2D eigenvalue weighted by atomic mass is 79.9. The zero-order valence-corrected chi connectivity index (χ0v) is 15.4. The molecule has 2 aromatic carbocycles. The molecular formula is C18H22BrNO3. The number of rotatable bonds is 7. The summed E-state index contributed by atoms with van der Waals surface area (Å²) in [6.45, 7) is 2.81. The van der Waals surface area contributed by atoms with Gasteiger partial charge in [-0.05, 0) is 41.1 Å². The van der Waals surface area contributed by atoms with Gasteiger partial charge in [-0.1, -0.05) is 18.2 Å². The summed E-state index contributed by atoms with van der Waals surface area (Å²) in [5.74, 6) is 2.42. The number of nitrogens with one attached hydrogen (secondary N) is 1. The minimum absolute atomic E-state index is 0.108. The molecule has 0 amide bonds. The van der Waals surface area contributed by atoms with Crippen LogP contribution >= 0.6 is 15.9 Å². The van der Waals surface area contributed by atoms with Crippen molar-refractivity contribution in [1.82, 2.24) is 5.32 Å². The fourth-order valence-corrected chi connectivity index (χ4v) is 3.17. The first kappa shape index (κ1) is 17.6. The Hall–Kier alpha value is -1.72. The molecule has 0 aromatic heterocycles. The van der Waals surface area contributed by atoms with E-state index in [4.69, 9.17) is 14.2 Å². The Morgan fingerprint density at radius 3 is 2.30 bits per heavy atom. The lowest BCUT2D eigenvalue weighted by molar-refractivity contribution is 0.380. The number of halogens is 1. The van der Waals surface area contributed by atoms with Gasteiger partial charge in [0.15, 0.2) is 0 Å². The lowest BCUT2D eigenvalue weighted by Gasteiger charge is -2.20. The summed E-state index contributed by atoms with van der Waals surface area (Å²) < 4.78 is 17.1. The molecule has 0 fully saturated rings. The second-order valence-electron chi connectivity index (χ2n) is 5.12. The van der Waals surface area contributed by atoms with Crippen molar-refractivity contribution in [1.29, 1.82) is 0 Å². The highest BCUT2D eigenvalue weighted by Gasteiger charge is 2.17. The van der Waals surface area contributed by atoms with Crippen molar-refractivity contribution in [2.75, 3.05) is 21.3 Å². The average molecular weight is 380 g/mol. The van der Waals surface area contributed by atoms with E-state index in [9.17, 15) is 0 Å². The Bertz CT molecular complexity index is 661. The molecule has 23 heavy (non-hydrogen) atoms. The summed E-state index contributed by atoms with van der Waals surface area (Å²) in [5.41, 5.74) is 2.18. The molecule has 0 aliphatic heterocycles. The molecule has 1 N–H and O–H groups in total. The minimum Gasteiger partial charge on any atom is -0.496 e. The van der Waals surface area contributed by atoms with Gasteiger partial charge in [-0.3, -0.25) is 0 Å². The van der Waals surface area contributed by atoms with E-state index in [0.717, 1.165) is 32.8 Å². The molecule has 0 saturated heterocycles. The van der Waals surface area contributed by atoms with E-state index >= 15 is 0 Å². The van der Waals surface area contributed by atoms with Crippen molar-refractivity contribution in [2.24, 2.45) is 0 Å². The molecule has 2 aromatic rings. The van der Waals surface area contributed by atoms with E-state index in [1.165, 1.54) is 0 Å². The van der Waals surface area contributed by atoms with Crippen molar-refractivity contribution in [2.45, 2.75) is 19.5 Å². The molecule has 0 saturated carbocycles. The van der Waals surface area contributed by atoms with E-state index in [-0.39, 0.29) is 6.04 Å². The van der Waals surface area contributed by atoms with Gasteiger partial charge in [0.2, 0.25) is 0 Å². The van der Waals surface area contributed by atoms with Gasteiger partial charge in [-0.2, -0.15) is 0 Å². The third kappa shape index (κ3) is 3.98. The van der Waals surface area contributed by atoms with Crippen LogP contribution in [-0.4, -0.2) is 21.3 Å². The third-order valence-electron chi connectivity index (χ3n) is 3.77. The van der Waals surface area contributed by atoms with Crippen LogP contribution < -0.4 is 19.5 Å². The fourth-order valence-electron chi connectivity index (χ4n) is 2.48. The van der Waals surface area contributed by atoms with E-state index in [2.05, 4.69) is 34.2 Å². The van der Waals surface area contributed by atoms with Crippen LogP contribution in [-0.2, 0) is 6.54 Å². The molecule has 0 bridgehead atoms. The van der Waals surface area contributed by atoms with Gasteiger partial charge in [0.05, 0.1) is 21.3 Å². The van der Waals surface area contributed by atoms with Gasteiger partial charge in [-0.15, -0.1) is 0 Å². The maximum absolute atomic E-state index is 5.55. The first-order chi connectivity index (χ1) is 11.1. The Kier molecular flexibility index (Phi) is 6.30. The number of benzene rings is 2. The maximum atomic E-state index is 5.55. The van der Waals surface area contributed by atoms with Crippen LogP contribution in [0, 0.1) is 0 Å². The SMILES string of the molecule is COc1ccccc1CNC(C)c1ccc(OC)c(Br)c1OC. The van der Waals surface area contributed by atoms with Crippen molar-refractivity contribution in [3.63, 3.8) is 0 Å². The van der Waals surface area contributed by atoms with Gasteiger partial charge in [0, 0.05) is 23.7 Å². The second kappa shape index (κ2) is 8.22. The minimum atomic E-state index is 0.108. The topological polar surface area (TPSA) is 39.7 Å². The maximum Gasteiger partial charge on any atom is 0.141 e. The summed E-state index contributed by atoms with van der Waals surface area (Å²) in [6.07, 6.45) is 0. The lowest BCUT2D eigenvalue weighted by Crippen LogP contribution is -2.19. The molecule has 0 radical (unpaired) electrons. The number of hydrogen-bond donors (Lipinski definition) is 1. The predicted molar refractivity (Wildman–Crippen MR) is 95.5 cm³/mol. The highest BCUT2D eigenvalue weighted by Crippen LogP contribution is 2.39. The molecule has 0 heterocycles. The summed E-state index contributed by atoms with van der Waals surface area (Å²) in [7, 11) is 4.99. The third-order valence-corrected chi connectivity index (χ3v) is 4.52. The number of methoxy groups -OCH3 is 3. The second-order valence-corrected chi connectivity index (χ2v) is 5.91. The fraction of sp³-hybridized carbons (Fsp3) is 0.333. The number of hydrogen-bond acceptors (Lipinski definition) is 4. The normalized spacial score (nSPS) is 11.9. The summed E-state index contributed by atoms with van der Waals surface area (Å²) in [6, 6.07) is 12.1. The Balaban J connectivity index is 2.18. The quantitative estimate of drug-likeness (QED) is 0.777. The van der Waals surface area contributed by atoms with Crippen LogP contribution in [0.3, 0.4) is 0 Å². The molecular weight excluding hydrogens is 358 g/mol. The molecule has 5 heteroatoms. The van der Waals surface area contributed by atoms with Crippen molar-refractivity contribution < 1.29 is 14.2 Å². The van der Waals surface area contributed by atoms with E-state index in [1.807, 2.05) is 30.3 Å². The zero-order valence-electron chi connectivity index (χ0n) is 13.9. The summed E-state index contributed by atoms with van der Waals surface area (Å²) in [5, 5.41) is 3.51. The van der Waals surface area contributed by atoms with Crippen LogP contribution in [0.25, 0.3) is 0 Å². The van der Waals surface area contributed by atoms with E-state index in [0.29, 0.717) is 6.54 Å². The van der Waals surface area contributed by atoms with Gasteiger partial charge in [0.1, 0.15) is 21.7 Å². The van der Waals surface area contributed by atoms with Gasteiger partial charge < -0.3 is 19.5 Å². The van der Waals surface area contributed by atoms with Crippen LogP contribution in [0.2, 0.25) is 0 Å². The largest absolute Gasteiger partial charge is 0.496 e. The van der Waals surface area contributed by atoms with Crippen LogP contribution in [0.4, 0.5) is 0 Å². The smallest absolute Gasteiger partial charge is 0.141 e. The van der Waals surface area contributed by atoms with E-state index in [1.54, 1.807) is 21.3 Å². The van der Waals surface area contributed by atoms with E-state index < -0.39 is 0 Å². The molecule has 0 spiro atoms. The van der Waals surface area contributed by atoms with Crippen LogP contribution in [0.1, 0.15) is 24.1 Å². The summed E-state index contributed by atoms with van der Waals surface area (Å²) in [4.78, 5) is 0. The van der Waals surface area contributed by atoms with Crippen molar-refractivity contribution in [3.05, 3.63) is 52.0 Å².